The van der Waals surface area contributed by atoms with Crippen LogP contribution in [0.3, 0.4) is 0 Å². The van der Waals surface area contributed by atoms with Crippen LogP contribution in [0.15, 0.2) is 109 Å². The maximum atomic E-state index is 15.0. The molecule has 1 spiro atoms. The van der Waals surface area contributed by atoms with Crippen molar-refractivity contribution in [2.75, 3.05) is 36.6 Å². The number of amides is 3. The Balaban J connectivity index is 1.39. The number of fused-ring (bicyclic) bond motifs is 2. The molecule has 0 aromatic heterocycles. The first-order chi connectivity index (χ1) is 21.8. The highest BCUT2D eigenvalue weighted by Gasteiger charge is 2.74. The number of hydrogen-bond donors (Lipinski definition) is 1. The van der Waals surface area contributed by atoms with Crippen molar-refractivity contribution in [1.82, 2.24) is 4.90 Å². The van der Waals surface area contributed by atoms with Gasteiger partial charge in [0, 0.05) is 29.2 Å². The Labute approximate surface area is 267 Å². The molecule has 3 amide bonds. The van der Waals surface area contributed by atoms with E-state index in [1.165, 1.54) is 11.8 Å². The maximum Gasteiger partial charge on any atom is 0.251 e. The normalized spacial score (nSPS) is 29.6. The molecule has 4 aliphatic heterocycles. The lowest BCUT2D eigenvalue weighted by Crippen LogP contribution is -2.54. The Morgan fingerprint density at radius 3 is 2.04 bits per heavy atom. The van der Waals surface area contributed by atoms with Gasteiger partial charge in [0.2, 0.25) is 11.8 Å². The molecule has 0 saturated carbocycles. The highest BCUT2D eigenvalue weighted by molar-refractivity contribution is 8.02. The van der Waals surface area contributed by atoms with Crippen molar-refractivity contribution in [1.29, 1.82) is 0 Å². The average molecular weight is 622 g/mol. The van der Waals surface area contributed by atoms with E-state index in [2.05, 4.69) is 6.08 Å². The molecule has 0 radical (unpaired) electrons. The van der Waals surface area contributed by atoms with Crippen LogP contribution in [0.2, 0.25) is 0 Å². The van der Waals surface area contributed by atoms with Gasteiger partial charge < -0.3 is 24.5 Å². The van der Waals surface area contributed by atoms with Crippen LogP contribution in [0.5, 0.6) is 5.75 Å². The van der Waals surface area contributed by atoms with Crippen LogP contribution in [0.4, 0.5) is 11.4 Å². The quantitative estimate of drug-likeness (QED) is 0.404. The van der Waals surface area contributed by atoms with Crippen molar-refractivity contribution >= 4 is 40.9 Å². The monoisotopic (exact) mass is 621 g/mol. The minimum Gasteiger partial charge on any atom is -0.497 e. The Morgan fingerprint density at radius 2 is 1.40 bits per heavy atom. The second kappa shape index (κ2) is 11.2. The average Bonchev–Trinajstić information content (AvgIpc) is 3.33. The third-order valence-electron chi connectivity index (χ3n) is 9.64. The van der Waals surface area contributed by atoms with Crippen molar-refractivity contribution in [3.63, 3.8) is 0 Å². The van der Waals surface area contributed by atoms with Gasteiger partial charge in [0.05, 0.1) is 36.3 Å². The summed E-state index contributed by atoms with van der Waals surface area (Å²) in [4.78, 5) is 49.6. The first-order valence-corrected chi connectivity index (χ1v) is 16.0. The molecule has 4 heterocycles. The van der Waals surface area contributed by atoms with E-state index >= 15 is 0 Å². The number of anilines is 2. The highest BCUT2D eigenvalue weighted by atomic mass is 32.2. The maximum absolute atomic E-state index is 15.0. The summed E-state index contributed by atoms with van der Waals surface area (Å²) in [6.45, 7) is 2.33. The SMILES string of the molecule is COc1ccc(N2CC=C[C@]34S[C@@]5(C)C=CCN(c6ccccc6)C(=O)[C@H]5[C@H]3C(=O)N([C@H](CO)c3ccccc3)C4C2=O)cc1. The standard InChI is InChI=1S/C36H35N3O5S/c1-35-19-9-21-37(25-13-7-4-8-14-25)32(41)29(35)30-33(42)39(28(23-40)24-11-5-3-6-12-24)31-34(43)38(22-10-20-36(30,31)45-35)26-15-17-27(44-2)18-16-26/h3-20,28-31,40H,21-23H2,1-2H3/t28-,29-,30+,31?,35+,36+/m1/s1. The second-order valence-corrected chi connectivity index (χ2v) is 13.9. The van der Waals surface area contributed by atoms with Gasteiger partial charge in [0.25, 0.3) is 5.91 Å². The van der Waals surface area contributed by atoms with Crippen molar-refractivity contribution in [2.24, 2.45) is 11.8 Å². The molecule has 8 nitrogen and oxygen atoms in total. The topological polar surface area (TPSA) is 90.4 Å². The van der Waals surface area contributed by atoms with E-state index in [9.17, 15) is 19.5 Å². The molecule has 230 valence electrons. The number of hydrogen-bond acceptors (Lipinski definition) is 6. The third-order valence-corrected chi connectivity index (χ3v) is 11.4. The van der Waals surface area contributed by atoms with Gasteiger partial charge in [-0.15, -0.1) is 11.8 Å². The number of benzene rings is 3. The summed E-state index contributed by atoms with van der Waals surface area (Å²) >= 11 is 1.53. The molecule has 3 aromatic rings. The number of rotatable bonds is 6. The van der Waals surface area contributed by atoms with E-state index in [-0.39, 0.29) is 24.3 Å². The predicted molar refractivity (Wildman–Crippen MR) is 175 cm³/mol. The minimum absolute atomic E-state index is 0.144. The number of carbonyl (C=O) groups is 3. The van der Waals surface area contributed by atoms with E-state index in [1.54, 1.807) is 33.9 Å². The van der Waals surface area contributed by atoms with Crippen LogP contribution in [0.25, 0.3) is 0 Å². The van der Waals surface area contributed by atoms with E-state index in [4.69, 9.17) is 4.74 Å². The fourth-order valence-corrected chi connectivity index (χ4v) is 9.80. The number of ether oxygens (including phenoxy) is 1. The first kappa shape index (κ1) is 29.4. The van der Waals surface area contributed by atoms with Crippen LogP contribution in [-0.4, -0.2) is 70.1 Å². The van der Waals surface area contributed by atoms with Gasteiger partial charge in [-0.25, -0.2) is 0 Å². The summed E-state index contributed by atoms with van der Waals surface area (Å²) in [5.74, 6) is -1.58. The van der Waals surface area contributed by atoms with Gasteiger partial charge in [0.15, 0.2) is 0 Å². The van der Waals surface area contributed by atoms with Gasteiger partial charge in [0.1, 0.15) is 11.8 Å². The Hall–Kier alpha value is -4.34. The third kappa shape index (κ3) is 4.51. The lowest BCUT2D eigenvalue weighted by atomic mass is 9.74. The van der Waals surface area contributed by atoms with Crippen LogP contribution in [0.1, 0.15) is 18.5 Å². The van der Waals surface area contributed by atoms with E-state index in [0.717, 1.165) is 11.3 Å². The highest BCUT2D eigenvalue weighted by Crippen LogP contribution is 2.66. The molecule has 9 heteroatoms. The molecule has 6 atom stereocenters. The zero-order chi connectivity index (χ0) is 31.3. The van der Waals surface area contributed by atoms with Crippen molar-refractivity contribution in [3.05, 3.63) is 115 Å². The van der Waals surface area contributed by atoms with E-state index < -0.39 is 33.4 Å². The fourth-order valence-electron chi connectivity index (χ4n) is 7.66. The largest absolute Gasteiger partial charge is 0.497 e. The van der Waals surface area contributed by atoms with E-state index in [1.807, 2.05) is 97.9 Å². The summed E-state index contributed by atoms with van der Waals surface area (Å²) in [7, 11) is 1.59. The molecule has 1 N–H and O–H groups in total. The summed E-state index contributed by atoms with van der Waals surface area (Å²) < 4.78 is 3.55. The zero-order valence-electron chi connectivity index (χ0n) is 25.2. The Kier molecular flexibility index (Phi) is 7.33. The van der Waals surface area contributed by atoms with Crippen LogP contribution in [0, 0.1) is 11.8 Å². The first-order valence-electron chi connectivity index (χ1n) is 15.2. The number of aliphatic hydroxyl groups excluding tert-OH is 1. The molecule has 4 aliphatic rings. The van der Waals surface area contributed by atoms with Gasteiger partial charge in [-0.2, -0.15) is 0 Å². The van der Waals surface area contributed by atoms with Gasteiger partial charge in [-0.1, -0.05) is 72.8 Å². The minimum atomic E-state index is -1.04. The van der Waals surface area contributed by atoms with Crippen molar-refractivity contribution in [2.45, 2.75) is 28.5 Å². The lowest BCUT2D eigenvalue weighted by Gasteiger charge is -2.40. The number of aliphatic hydroxyl groups is 1. The zero-order valence-corrected chi connectivity index (χ0v) is 26.0. The number of nitrogens with zero attached hydrogens (tertiary/aromatic N) is 3. The number of thioether (sulfide) groups is 1. The predicted octanol–water partition coefficient (Wildman–Crippen LogP) is 4.62. The molecule has 0 aliphatic carbocycles. The molecule has 45 heavy (non-hydrogen) atoms. The molecule has 2 saturated heterocycles. The number of likely N-dealkylation sites (tertiary alicyclic amines) is 1. The molecular formula is C36H35N3O5S. The number of para-hydroxylation sites is 1. The Bertz CT molecular complexity index is 1680. The number of carbonyl (C=O) groups excluding carboxylic acids is 3. The Morgan fingerprint density at radius 1 is 0.800 bits per heavy atom. The van der Waals surface area contributed by atoms with Gasteiger partial charge in [-0.05, 0) is 48.9 Å². The van der Waals surface area contributed by atoms with Gasteiger partial charge >= 0.3 is 0 Å². The molecule has 2 fully saturated rings. The summed E-state index contributed by atoms with van der Waals surface area (Å²) in [5, 5.41) is 10.8. The molecule has 3 aromatic carbocycles. The van der Waals surface area contributed by atoms with Crippen LogP contribution in [-0.2, 0) is 14.4 Å². The van der Waals surface area contributed by atoms with Crippen LogP contribution >= 0.6 is 11.8 Å². The number of methoxy groups -OCH3 is 1. The lowest BCUT2D eigenvalue weighted by molar-refractivity contribution is -0.142. The van der Waals surface area contributed by atoms with Gasteiger partial charge in [-0.3, -0.25) is 14.4 Å². The smallest absolute Gasteiger partial charge is 0.251 e. The van der Waals surface area contributed by atoms with E-state index in [0.29, 0.717) is 24.5 Å². The summed E-state index contributed by atoms with van der Waals surface area (Å²) in [6.07, 6.45) is 8.00. The summed E-state index contributed by atoms with van der Waals surface area (Å²) in [5.41, 5.74) is 2.16. The van der Waals surface area contributed by atoms with Crippen LogP contribution < -0.4 is 14.5 Å². The molecule has 1 unspecified atom stereocenters. The van der Waals surface area contributed by atoms with Crippen molar-refractivity contribution < 1.29 is 24.2 Å². The second-order valence-electron chi connectivity index (χ2n) is 12.1. The molecule has 0 bridgehead atoms. The fraction of sp³-hybridized carbons (Fsp3) is 0.306. The molecule has 7 rings (SSSR count). The summed E-state index contributed by atoms with van der Waals surface area (Å²) in [6, 6.07) is 24.4. The van der Waals surface area contributed by atoms with Crippen molar-refractivity contribution in [3.8, 4) is 5.75 Å². The molecular weight excluding hydrogens is 586 g/mol.